The third-order valence-electron chi connectivity index (χ3n) is 2.78. The first kappa shape index (κ1) is 8.79. The van der Waals surface area contributed by atoms with Gasteiger partial charge in [0.25, 0.3) is 0 Å². The third kappa shape index (κ3) is 2.06. The van der Waals surface area contributed by atoms with Gasteiger partial charge in [0.15, 0.2) is 0 Å². The van der Waals surface area contributed by atoms with Crippen molar-refractivity contribution in [2.75, 3.05) is 0 Å². The second-order valence-electron chi connectivity index (χ2n) is 3.95. The Morgan fingerprint density at radius 2 is 2.18 bits per heavy atom. The smallest absolute Gasteiger partial charge is 0.0750 e. The van der Waals surface area contributed by atoms with Crippen LogP contribution in [0.1, 0.15) is 33.1 Å². The standard InChI is InChI=1S/C10H18O/c1-7(2)9-5-4-8(3)10(11)6-9/h7,9-11H,3-6H2,1-2H3. The normalized spacial score (nSPS) is 32.9. The number of hydrogen-bond donors (Lipinski definition) is 1. The summed E-state index contributed by atoms with van der Waals surface area (Å²) in [6.07, 6.45) is 2.93. The molecular weight excluding hydrogens is 136 g/mol. The van der Waals surface area contributed by atoms with E-state index in [-0.39, 0.29) is 6.10 Å². The third-order valence-corrected chi connectivity index (χ3v) is 2.78. The highest BCUT2D eigenvalue weighted by Crippen LogP contribution is 2.31. The van der Waals surface area contributed by atoms with Crippen LogP contribution in [0.15, 0.2) is 12.2 Å². The molecule has 0 aromatic rings. The second kappa shape index (κ2) is 3.40. The van der Waals surface area contributed by atoms with E-state index in [1.807, 2.05) is 0 Å². The lowest BCUT2D eigenvalue weighted by molar-refractivity contribution is 0.130. The van der Waals surface area contributed by atoms with Gasteiger partial charge < -0.3 is 5.11 Å². The summed E-state index contributed by atoms with van der Waals surface area (Å²) in [6.45, 7) is 8.29. The Morgan fingerprint density at radius 3 is 2.64 bits per heavy atom. The number of aliphatic hydroxyl groups is 1. The van der Waals surface area contributed by atoms with E-state index in [4.69, 9.17) is 0 Å². The molecule has 2 unspecified atom stereocenters. The lowest BCUT2D eigenvalue weighted by atomic mass is 9.78. The van der Waals surface area contributed by atoms with Gasteiger partial charge in [-0.2, -0.15) is 0 Å². The van der Waals surface area contributed by atoms with Gasteiger partial charge in [-0.15, -0.1) is 0 Å². The zero-order chi connectivity index (χ0) is 8.43. The fourth-order valence-corrected chi connectivity index (χ4v) is 1.71. The Kier molecular flexibility index (Phi) is 2.72. The Bertz CT molecular complexity index is 149. The van der Waals surface area contributed by atoms with Crippen LogP contribution >= 0.6 is 0 Å². The summed E-state index contributed by atoms with van der Waals surface area (Å²) in [5.41, 5.74) is 1.03. The van der Waals surface area contributed by atoms with E-state index >= 15 is 0 Å². The zero-order valence-corrected chi connectivity index (χ0v) is 7.51. The quantitative estimate of drug-likeness (QED) is 0.575. The molecule has 0 heterocycles. The summed E-state index contributed by atoms with van der Waals surface area (Å²) < 4.78 is 0. The molecule has 1 heteroatoms. The van der Waals surface area contributed by atoms with Gasteiger partial charge >= 0.3 is 0 Å². The van der Waals surface area contributed by atoms with Crippen LogP contribution in [0.2, 0.25) is 0 Å². The van der Waals surface area contributed by atoms with E-state index in [9.17, 15) is 5.11 Å². The van der Waals surface area contributed by atoms with Crippen LogP contribution in [-0.4, -0.2) is 11.2 Å². The van der Waals surface area contributed by atoms with Gasteiger partial charge in [-0.05, 0) is 36.7 Å². The topological polar surface area (TPSA) is 20.2 Å². The van der Waals surface area contributed by atoms with Gasteiger partial charge in [-0.25, -0.2) is 0 Å². The molecule has 64 valence electrons. The molecule has 0 bridgehead atoms. The Balaban J connectivity index is 2.46. The summed E-state index contributed by atoms with van der Waals surface area (Å²) in [4.78, 5) is 0. The van der Waals surface area contributed by atoms with Crippen molar-refractivity contribution < 1.29 is 5.11 Å². The first-order valence-corrected chi connectivity index (χ1v) is 4.47. The van der Waals surface area contributed by atoms with Crippen LogP contribution in [0.3, 0.4) is 0 Å². The Morgan fingerprint density at radius 1 is 1.55 bits per heavy atom. The number of rotatable bonds is 1. The van der Waals surface area contributed by atoms with Crippen molar-refractivity contribution in [3.63, 3.8) is 0 Å². The molecule has 1 aliphatic carbocycles. The van der Waals surface area contributed by atoms with E-state index in [2.05, 4.69) is 20.4 Å². The van der Waals surface area contributed by atoms with Gasteiger partial charge in [0.2, 0.25) is 0 Å². The molecule has 0 amide bonds. The molecule has 0 aromatic heterocycles. The van der Waals surface area contributed by atoms with Crippen LogP contribution in [0, 0.1) is 11.8 Å². The van der Waals surface area contributed by atoms with Gasteiger partial charge in [-0.1, -0.05) is 20.4 Å². The maximum absolute atomic E-state index is 9.50. The maximum Gasteiger partial charge on any atom is 0.0750 e. The molecule has 0 radical (unpaired) electrons. The monoisotopic (exact) mass is 154 g/mol. The molecule has 1 saturated carbocycles. The molecule has 1 nitrogen and oxygen atoms in total. The number of hydrogen-bond acceptors (Lipinski definition) is 1. The molecule has 0 saturated heterocycles. The SMILES string of the molecule is C=C1CCC(C(C)C)CC1O. The van der Waals surface area contributed by atoms with Crippen molar-refractivity contribution in [2.24, 2.45) is 11.8 Å². The lowest BCUT2D eigenvalue weighted by Crippen LogP contribution is -2.24. The first-order valence-electron chi connectivity index (χ1n) is 4.47. The maximum atomic E-state index is 9.50. The molecule has 1 aliphatic rings. The van der Waals surface area contributed by atoms with E-state index in [0.717, 1.165) is 18.4 Å². The average molecular weight is 154 g/mol. The van der Waals surface area contributed by atoms with Crippen molar-refractivity contribution in [3.8, 4) is 0 Å². The van der Waals surface area contributed by atoms with Crippen molar-refractivity contribution in [3.05, 3.63) is 12.2 Å². The predicted molar refractivity (Wildman–Crippen MR) is 47.3 cm³/mol. The second-order valence-corrected chi connectivity index (χ2v) is 3.95. The van der Waals surface area contributed by atoms with Gasteiger partial charge in [0.1, 0.15) is 0 Å². The molecule has 0 spiro atoms. The highest BCUT2D eigenvalue weighted by atomic mass is 16.3. The van der Waals surface area contributed by atoms with E-state index in [1.165, 1.54) is 6.42 Å². The summed E-state index contributed by atoms with van der Waals surface area (Å²) in [5.74, 6) is 1.41. The van der Waals surface area contributed by atoms with Crippen LogP contribution in [0.5, 0.6) is 0 Å². The van der Waals surface area contributed by atoms with Crippen LogP contribution in [0.4, 0.5) is 0 Å². The van der Waals surface area contributed by atoms with Crippen molar-refractivity contribution in [1.82, 2.24) is 0 Å². The molecule has 1 fully saturated rings. The summed E-state index contributed by atoms with van der Waals surface area (Å²) >= 11 is 0. The fraction of sp³-hybridized carbons (Fsp3) is 0.800. The van der Waals surface area contributed by atoms with Crippen molar-refractivity contribution >= 4 is 0 Å². The van der Waals surface area contributed by atoms with E-state index < -0.39 is 0 Å². The molecule has 11 heavy (non-hydrogen) atoms. The van der Waals surface area contributed by atoms with Gasteiger partial charge in [0.05, 0.1) is 6.10 Å². The first-order chi connectivity index (χ1) is 5.11. The summed E-state index contributed by atoms with van der Waals surface area (Å²) in [5, 5.41) is 9.50. The molecule has 0 aromatic carbocycles. The highest BCUT2D eigenvalue weighted by Gasteiger charge is 2.24. The molecule has 1 rings (SSSR count). The van der Waals surface area contributed by atoms with Crippen LogP contribution in [-0.2, 0) is 0 Å². The van der Waals surface area contributed by atoms with E-state index in [0.29, 0.717) is 11.8 Å². The summed E-state index contributed by atoms with van der Waals surface area (Å²) in [7, 11) is 0. The summed E-state index contributed by atoms with van der Waals surface area (Å²) in [6, 6.07) is 0. The highest BCUT2D eigenvalue weighted by molar-refractivity contribution is 5.05. The lowest BCUT2D eigenvalue weighted by Gasteiger charge is -2.30. The van der Waals surface area contributed by atoms with Crippen LogP contribution in [0.25, 0.3) is 0 Å². The Hall–Kier alpha value is -0.300. The number of aliphatic hydroxyl groups excluding tert-OH is 1. The predicted octanol–water partition coefficient (Wildman–Crippen LogP) is 2.36. The molecular formula is C10H18O. The average Bonchev–Trinajstić information content (AvgIpc) is 1.94. The van der Waals surface area contributed by atoms with Crippen molar-refractivity contribution in [1.29, 1.82) is 0 Å². The van der Waals surface area contributed by atoms with Gasteiger partial charge in [-0.3, -0.25) is 0 Å². The zero-order valence-electron chi connectivity index (χ0n) is 7.51. The fourth-order valence-electron chi connectivity index (χ4n) is 1.71. The molecule has 2 atom stereocenters. The minimum atomic E-state index is -0.226. The molecule has 1 N–H and O–H groups in total. The van der Waals surface area contributed by atoms with E-state index in [1.54, 1.807) is 0 Å². The molecule has 0 aliphatic heterocycles. The minimum absolute atomic E-state index is 0.226. The van der Waals surface area contributed by atoms with Crippen molar-refractivity contribution in [2.45, 2.75) is 39.2 Å². The Labute approximate surface area is 69.1 Å². The van der Waals surface area contributed by atoms with Crippen LogP contribution < -0.4 is 0 Å². The largest absolute Gasteiger partial charge is 0.389 e. The minimum Gasteiger partial charge on any atom is -0.389 e. The van der Waals surface area contributed by atoms with Gasteiger partial charge in [0, 0.05) is 0 Å².